The number of urea groups is 1. The van der Waals surface area contributed by atoms with Crippen LogP contribution in [0.5, 0.6) is 5.75 Å². The van der Waals surface area contributed by atoms with Crippen molar-refractivity contribution in [1.29, 1.82) is 0 Å². The minimum absolute atomic E-state index is 0.0217. The summed E-state index contributed by atoms with van der Waals surface area (Å²) in [4.78, 5) is 15.8. The van der Waals surface area contributed by atoms with Gasteiger partial charge in [-0.05, 0) is 49.1 Å². The van der Waals surface area contributed by atoms with E-state index in [4.69, 9.17) is 4.74 Å². The smallest absolute Gasteiger partial charge is 0.321 e. The van der Waals surface area contributed by atoms with Crippen LogP contribution in [0.25, 0.3) is 0 Å². The standard InChI is InChI=1S/C18H22N2O2S2/c1-2-22-15-7-5-14(6-8-15)19-18(21)20-10-9-17(24-13-11-20)16-4-3-12-23-16/h3-8,12,17H,2,9-11,13H2,1H3,(H,19,21). The number of carbonyl (C=O) groups excluding carboxylic acids is 1. The van der Waals surface area contributed by atoms with Gasteiger partial charge in [-0.25, -0.2) is 4.79 Å². The van der Waals surface area contributed by atoms with Crippen molar-refractivity contribution < 1.29 is 9.53 Å². The van der Waals surface area contributed by atoms with E-state index in [1.807, 2.05) is 47.9 Å². The zero-order chi connectivity index (χ0) is 16.8. The van der Waals surface area contributed by atoms with Crippen LogP contribution in [0.4, 0.5) is 10.5 Å². The van der Waals surface area contributed by atoms with E-state index in [1.165, 1.54) is 4.88 Å². The van der Waals surface area contributed by atoms with Gasteiger partial charge >= 0.3 is 6.03 Å². The van der Waals surface area contributed by atoms with Crippen LogP contribution in [0.15, 0.2) is 41.8 Å². The summed E-state index contributed by atoms with van der Waals surface area (Å²) < 4.78 is 5.42. The first-order chi connectivity index (χ1) is 11.8. The molecule has 1 saturated heterocycles. The molecule has 6 heteroatoms. The van der Waals surface area contributed by atoms with Gasteiger partial charge in [-0.1, -0.05) is 6.07 Å². The second-order valence-electron chi connectivity index (χ2n) is 5.54. The van der Waals surface area contributed by atoms with Gasteiger partial charge in [0.1, 0.15) is 5.75 Å². The maximum atomic E-state index is 12.5. The van der Waals surface area contributed by atoms with Crippen LogP contribution in [0.1, 0.15) is 23.5 Å². The Morgan fingerprint density at radius 1 is 1.29 bits per heavy atom. The molecule has 1 aliphatic heterocycles. The normalized spacial score (nSPS) is 18.0. The number of rotatable bonds is 4. The van der Waals surface area contributed by atoms with Gasteiger partial charge in [0, 0.05) is 34.7 Å². The van der Waals surface area contributed by atoms with Gasteiger partial charge in [0.05, 0.1) is 6.61 Å². The van der Waals surface area contributed by atoms with Crippen LogP contribution in [0.3, 0.4) is 0 Å². The number of nitrogens with zero attached hydrogens (tertiary/aromatic N) is 1. The highest BCUT2D eigenvalue weighted by atomic mass is 32.2. The first kappa shape index (κ1) is 17.2. The molecule has 1 aromatic heterocycles. The molecule has 1 unspecified atom stereocenters. The molecule has 0 aliphatic carbocycles. The maximum Gasteiger partial charge on any atom is 0.321 e. The van der Waals surface area contributed by atoms with E-state index in [1.54, 1.807) is 11.3 Å². The lowest BCUT2D eigenvalue weighted by Crippen LogP contribution is -2.36. The van der Waals surface area contributed by atoms with Crippen molar-refractivity contribution in [3.05, 3.63) is 46.7 Å². The van der Waals surface area contributed by atoms with Gasteiger partial charge in [0.2, 0.25) is 0 Å². The van der Waals surface area contributed by atoms with Crippen molar-refractivity contribution in [2.24, 2.45) is 0 Å². The van der Waals surface area contributed by atoms with Crippen LogP contribution in [-0.4, -0.2) is 36.4 Å². The Balaban J connectivity index is 1.55. The number of benzene rings is 1. The van der Waals surface area contributed by atoms with Gasteiger partial charge < -0.3 is 15.0 Å². The van der Waals surface area contributed by atoms with Crippen molar-refractivity contribution in [3.63, 3.8) is 0 Å². The summed E-state index contributed by atoms with van der Waals surface area (Å²) in [7, 11) is 0. The Bertz CT molecular complexity index is 644. The number of thiophene rings is 1. The quantitative estimate of drug-likeness (QED) is 0.844. The van der Waals surface area contributed by atoms with E-state index in [0.717, 1.165) is 36.7 Å². The maximum absolute atomic E-state index is 12.5. The molecule has 1 aliphatic rings. The summed E-state index contributed by atoms with van der Waals surface area (Å²) in [6, 6.07) is 11.8. The molecule has 3 rings (SSSR count). The highest BCUT2D eigenvalue weighted by Gasteiger charge is 2.22. The van der Waals surface area contributed by atoms with E-state index >= 15 is 0 Å². The lowest BCUT2D eigenvalue weighted by Gasteiger charge is -2.21. The van der Waals surface area contributed by atoms with Gasteiger partial charge in [-0.2, -0.15) is 11.8 Å². The molecule has 24 heavy (non-hydrogen) atoms. The second-order valence-corrected chi connectivity index (χ2v) is 7.83. The van der Waals surface area contributed by atoms with Crippen molar-refractivity contribution in [3.8, 4) is 5.75 Å². The molecule has 2 amide bonds. The van der Waals surface area contributed by atoms with Crippen molar-refractivity contribution in [2.45, 2.75) is 18.6 Å². The number of amides is 2. The summed E-state index contributed by atoms with van der Waals surface area (Å²) in [5.41, 5.74) is 0.801. The highest BCUT2D eigenvalue weighted by molar-refractivity contribution is 7.99. The molecular formula is C18H22N2O2S2. The van der Waals surface area contributed by atoms with Crippen molar-refractivity contribution in [2.75, 3.05) is 30.8 Å². The van der Waals surface area contributed by atoms with Gasteiger partial charge in [-0.3, -0.25) is 0 Å². The Morgan fingerprint density at radius 3 is 2.83 bits per heavy atom. The average Bonchev–Trinajstić information content (AvgIpc) is 3.01. The van der Waals surface area contributed by atoms with E-state index in [9.17, 15) is 4.79 Å². The molecule has 0 radical (unpaired) electrons. The Kier molecular flexibility index (Phi) is 6.04. The molecule has 1 aromatic carbocycles. The fraction of sp³-hybridized carbons (Fsp3) is 0.389. The molecule has 0 spiro atoms. The lowest BCUT2D eigenvalue weighted by molar-refractivity contribution is 0.215. The third kappa shape index (κ3) is 4.45. The molecule has 128 valence electrons. The zero-order valence-electron chi connectivity index (χ0n) is 13.7. The number of nitrogens with one attached hydrogen (secondary N) is 1. The monoisotopic (exact) mass is 362 g/mol. The summed E-state index contributed by atoms with van der Waals surface area (Å²) >= 11 is 3.75. The van der Waals surface area contributed by atoms with E-state index < -0.39 is 0 Å². The van der Waals surface area contributed by atoms with Gasteiger partial charge in [0.25, 0.3) is 0 Å². The van der Waals surface area contributed by atoms with Gasteiger partial charge in [-0.15, -0.1) is 11.3 Å². The van der Waals surface area contributed by atoms with Crippen molar-refractivity contribution >= 4 is 34.8 Å². The summed E-state index contributed by atoms with van der Waals surface area (Å²) in [5.74, 6) is 1.79. The van der Waals surface area contributed by atoms with E-state index in [-0.39, 0.29) is 6.03 Å². The molecular weight excluding hydrogens is 340 g/mol. The molecule has 0 bridgehead atoms. The Hall–Kier alpha value is -1.66. The van der Waals surface area contributed by atoms with Crippen LogP contribution in [-0.2, 0) is 0 Å². The number of hydrogen-bond donors (Lipinski definition) is 1. The third-order valence-corrected chi connectivity index (χ3v) is 6.35. The molecule has 4 nitrogen and oxygen atoms in total. The minimum atomic E-state index is -0.0217. The average molecular weight is 363 g/mol. The molecule has 1 N–H and O–H groups in total. The number of anilines is 1. The Labute approximate surface area is 151 Å². The van der Waals surface area contributed by atoms with E-state index in [0.29, 0.717) is 11.9 Å². The first-order valence-electron chi connectivity index (χ1n) is 8.20. The molecule has 1 fully saturated rings. The van der Waals surface area contributed by atoms with Gasteiger partial charge in [0.15, 0.2) is 0 Å². The van der Waals surface area contributed by atoms with Crippen LogP contribution in [0, 0.1) is 0 Å². The largest absolute Gasteiger partial charge is 0.494 e. The first-order valence-corrected chi connectivity index (χ1v) is 10.1. The summed E-state index contributed by atoms with van der Waals surface area (Å²) in [6.07, 6.45) is 1.00. The zero-order valence-corrected chi connectivity index (χ0v) is 15.4. The molecule has 0 saturated carbocycles. The van der Waals surface area contributed by atoms with Crippen LogP contribution < -0.4 is 10.1 Å². The lowest BCUT2D eigenvalue weighted by atomic mass is 10.2. The number of thioether (sulfide) groups is 1. The SMILES string of the molecule is CCOc1ccc(NC(=O)N2CCSC(c3cccs3)CC2)cc1. The third-order valence-electron chi connectivity index (χ3n) is 3.91. The van der Waals surface area contributed by atoms with E-state index in [2.05, 4.69) is 22.8 Å². The fourth-order valence-corrected chi connectivity index (χ4v) is 4.92. The Morgan fingerprint density at radius 2 is 2.12 bits per heavy atom. The number of ether oxygens (including phenoxy) is 1. The predicted octanol–water partition coefficient (Wildman–Crippen LogP) is 4.86. The molecule has 1 atom stereocenters. The molecule has 2 aromatic rings. The molecule has 2 heterocycles. The summed E-state index contributed by atoms with van der Waals surface area (Å²) in [6.45, 7) is 4.17. The second kappa shape index (κ2) is 8.44. The summed E-state index contributed by atoms with van der Waals surface area (Å²) in [5, 5.41) is 5.61. The highest BCUT2D eigenvalue weighted by Crippen LogP contribution is 2.36. The van der Waals surface area contributed by atoms with Crippen LogP contribution >= 0.6 is 23.1 Å². The topological polar surface area (TPSA) is 41.6 Å². The number of carbonyl (C=O) groups is 1. The van der Waals surface area contributed by atoms with Crippen molar-refractivity contribution in [1.82, 2.24) is 4.90 Å². The minimum Gasteiger partial charge on any atom is -0.494 e. The predicted molar refractivity (Wildman–Crippen MR) is 102 cm³/mol. The number of hydrogen-bond acceptors (Lipinski definition) is 4. The van der Waals surface area contributed by atoms with Crippen LogP contribution in [0.2, 0.25) is 0 Å². The fourth-order valence-electron chi connectivity index (χ4n) is 2.68.